The van der Waals surface area contributed by atoms with E-state index in [1.165, 1.54) is 30.3 Å². The van der Waals surface area contributed by atoms with Crippen molar-refractivity contribution in [1.29, 1.82) is 0 Å². The van der Waals surface area contributed by atoms with Crippen LogP contribution in [0.5, 0.6) is 0 Å². The van der Waals surface area contributed by atoms with Gasteiger partial charge in [-0.15, -0.1) is 0 Å². The molecule has 0 saturated heterocycles. The molecule has 0 radical (unpaired) electrons. The van der Waals surface area contributed by atoms with E-state index >= 15 is 0 Å². The molecule has 1 aliphatic carbocycles. The number of aryl methyl sites for hydroxylation is 1. The van der Waals surface area contributed by atoms with Crippen LogP contribution in [-0.2, 0) is 18.3 Å². The van der Waals surface area contributed by atoms with Gasteiger partial charge in [-0.3, -0.25) is 0 Å². The molecule has 0 amide bonds. The Labute approximate surface area is 132 Å². The standard InChI is InChI=1S/C18H27N2O2/c1-14-19(2)17-10-6-7-11-18(17)20(14)12-15(21)13-22-16-8-4-3-5-9-16/h6-7,10-11,15-16,21H,3-5,8-9,12-13H2,1-2H3/q+1/t15-/m1/s1. The number of imidazole rings is 1. The van der Waals surface area contributed by atoms with E-state index in [0.29, 0.717) is 19.3 Å². The molecule has 1 heterocycles. The molecule has 1 aliphatic rings. The predicted octanol–water partition coefficient (Wildman–Crippen LogP) is 2.48. The Morgan fingerprint density at radius 3 is 2.77 bits per heavy atom. The van der Waals surface area contributed by atoms with E-state index in [0.717, 1.165) is 18.7 Å². The number of para-hydroxylation sites is 2. The molecule has 1 saturated carbocycles. The van der Waals surface area contributed by atoms with Crippen LogP contribution < -0.4 is 4.57 Å². The van der Waals surface area contributed by atoms with E-state index in [2.05, 4.69) is 41.3 Å². The molecule has 1 atom stereocenters. The highest BCUT2D eigenvalue weighted by Crippen LogP contribution is 2.20. The van der Waals surface area contributed by atoms with Crippen molar-refractivity contribution in [2.75, 3.05) is 6.61 Å². The molecule has 120 valence electrons. The smallest absolute Gasteiger partial charge is 0.254 e. The second-order valence-corrected chi connectivity index (χ2v) is 6.45. The molecule has 1 aromatic heterocycles. The second-order valence-electron chi connectivity index (χ2n) is 6.45. The number of hydrogen-bond donors (Lipinski definition) is 1. The van der Waals surface area contributed by atoms with Crippen molar-refractivity contribution in [3.8, 4) is 0 Å². The van der Waals surface area contributed by atoms with Crippen molar-refractivity contribution in [2.45, 2.75) is 57.8 Å². The summed E-state index contributed by atoms with van der Waals surface area (Å²) in [5.41, 5.74) is 2.36. The minimum Gasteiger partial charge on any atom is -0.387 e. The Morgan fingerprint density at radius 2 is 2.00 bits per heavy atom. The first-order chi connectivity index (χ1) is 10.7. The van der Waals surface area contributed by atoms with Gasteiger partial charge in [0, 0.05) is 6.92 Å². The number of aromatic nitrogens is 2. The highest BCUT2D eigenvalue weighted by Gasteiger charge is 2.22. The number of aliphatic hydroxyl groups is 1. The molecule has 0 spiro atoms. The minimum atomic E-state index is -0.462. The molecule has 4 nitrogen and oxygen atoms in total. The highest BCUT2D eigenvalue weighted by molar-refractivity contribution is 5.72. The van der Waals surface area contributed by atoms with E-state index in [1.54, 1.807) is 0 Å². The lowest BCUT2D eigenvalue weighted by Gasteiger charge is -2.23. The average molecular weight is 303 g/mol. The van der Waals surface area contributed by atoms with Crippen molar-refractivity contribution in [2.24, 2.45) is 7.05 Å². The van der Waals surface area contributed by atoms with Crippen LogP contribution in [0.1, 0.15) is 37.9 Å². The van der Waals surface area contributed by atoms with Gasteiger partial charge in [-0.2, -0.15) is 0 Å². The fourth-order valence-electron chi connectivity index (χ4n) is 3.48. The third-order valence-corrected chi connectivity index (χ3v) is 4.88. The Morgan fingerprint density at radius 1 is 1.27 bits per heavy atom. The molecule has 0 bridgehead atoms. The van der Waals surface area contributed by atoms with Gasteiger partial charge in [0.25, 0.3) is 5.82 Å². The molecule has 0 aliphatic heterocycles. The number of nitrogens with zero attached hydrogens (tertiary/aromatic N) is 2. The first kappa shape index (κ1) is 15.5. The summed E-state index contributed by atoms with van der Waals surface area (Å²) in [6, 6.07) is 8.32. The summed E-state index contributed by atoms with van der Waals surface area (Å²) in [4.78, 5) is 0. The van der Waals surface area contributed by atoms with Crippen LogP contribution in [-0.4, -0.2) is 28.5 Å². The lowest BCUT2D eigenvalue weighted by Crippen LogP contribution is -2.32. The summed E-state index contributed by atoms with van der Waals surface area (Å²) < 4.78 is 10.3. The number of hydrogen-bond acceptors (Lipinski definition) is 2. The average Bonchev–Trinajstić information content (AvgIpc) is 2.79. The van der Waals surface area contributed by atoms with Crippen molar-refractivity contribution >= 4 is 11.0 Å². The minimum absolute atomic E-state index is 0.349. The van der Waals surface area contributed by atoms with Crippen molar-refractivity contribution in [1.82, 2.24) is 4.57 Å². The van der Waals surface area contributed by atoms with Crippen LogP contribution >= 0.6 is 0 Å². The third-order valence-electron chi connectivity index (χ3n) is 4.88. The Kier molecular flexibility index (Phi) is 4.79. The van der Waals surface area contributed by atoms with Gasteiger partial charge in [0.1, 0.15) is 12.6 Å². The lowest BCUT2D eigenvalue weighted by molar-refractivity contribution is -0.652. The van der Waals surface area contributed by atoms with Gasteiger partial charge < -0.3 is 9.84 Å². The maximum absolute atomic E-state index is 10.4. The van der Waals surface area contributed by atoms with E-state index in [-0.39, 0.29) is 0 Å². The van der Waals surface area contributed by atoms with E-state index in [1.807, 2.05) is 6.07 Å². The Bertz CT molecular complexity index is 629. The first-order valence-electron chi connectivity index (χ1n) is 8.40. The number of aliphatic hydroxyl groups excluding tert-OH is 1. The van der Waals surface area contributed by atoms with Gasteiger partial charge in [-0.1, -0.05) is 31.4 Å². The van der Waals surface area contributed by atoms with Gasteiger partial charge in [0.2, 0.25) is 0 Å². The van der Waals surface area contributed by atoms with Crippen LogP contribution in [0, 0.1) is 6.92 Å². The summed E-state index contributed by atoms with van der Waals surface area (Å²) in [6.45, 7) is 3.11. The van der Waals surface area contributed by atoms with Gasteiger partial charge in [0.15, 0.2) is 11.0 Å². The quantitative estimate of drug-likeness (QED) is 0.862. The van der Waals surface area contributed by atoms with Gasteiger partial charge in [0.05, 0.1) is 19.8 Å². The van der Waals surface area contributed by atoms with Gasteiger partial charge in [-0.25, -0.2) is 9.13 Å². The maximum atomic E-state index is 10.4. The van der Waals surface area contributed by atoms with E-state index in [4.69, 9.17) is 4.74 Å². The zero-order chi connectivity index (χ0) is 15.5. The summed E-state index contributed by atoms with van der Waals surface area (Å²) in [7, 11) is 2.07. The molecule has 1 aromatic carbocycles. The summed E-state index contributed by atoms with van der Waals surface area (Å²) in [5, 5.41) is 10.4. The largest absolute Gasteiger partial charge is 0.387 e. The molecule has 4 heteroatoms. The monoisotopic (exact) mass is 303 g/mol. The van der Waals surface area contributed by atoms with Crippen LogP contribution in [0.4, 0.5) is 0 Å². The van der Waals surface area contributed by atoms with Gasteiger partial charge in [-0.05, 0) is 25.0 Å². The van der Waals surface area contributed by atoms with Crippen LogP contribution in [0.2, 0.25) is 0 Å². The van der Waals surface area contributed by atoms with Crippen molar-refractivity contribution in [3.63, 3.8) is 0 Å². The Hall–Kier alpha value is -1.39. The summed E-state index contributed by atoms with van der Waals surface area (Å²) in [5.74, 6) is 1.15. The number of fused-ring (bicyclic) bond motifs is 1. The third kappa shape index (κ3) is 3.18. The molecule has 0 unspecified atom stereocenters. The fourth-order valence-corrected chi connectivity index (χ4v) is 3.48. The van der Waals surface area contributed by atoms with Crippen LogP contribution in [0.15, 0.2) is 24.3 Å². The fraction of sp³-hybridized carbons (Fsp3) is 0.611. The highest BCUT2D eigenvalue weighted by atomic mass is 16.5. The maximum Gasteiger partial charge on any atom is 0.254 e. The zero-order valence-corrected chi connectivity index (χ0v) is 13.7. The number of benzene rings is 1. The molecule has 22 heavy (non-hydrogen) atoms. The molecular weight excluding hydrogens is 276 g/mol. The summed E-state index contributed by atoms with van der Waals surface area (Å²) in [6.07, 6.45) is 6.03. The predicted molar refractivity (Wildman–Crippen MR) is 86.7 cm³/mol. The van der Waals surface area contributed by atoms with Crippen LogP contribution in [0.25, 0.3) is 11.0 Å². The molecule has 1 fully saturated rings. The first-order valence-corrected chi connectivity index (χ1v) is 8.40. The SMILES string of the molecule is Cc1n(C[C@@H](O)COC2CCCCC2)c2ccccc2[n+]1C. The van der Waals surface area contributed by atoms with E-state index < -0.39 is 6.10 Å². The molecule has 2 aromatic rings. The van der Waals surface area contributed by atoms with Crippen LogP contribution in [0.3, 0.4) is 0 Å². The molecule has 1 N–H and O–H groups in total. The molecule has 3 rings (SSSR count). The summed E-state index contributed by atoms with van der Waals surface area (Å²) >= 11 is 0. The number of ether oxygens (including phenoxy) is 1. The van der Waals surface area contributed by atoms with Crippen molar-refractivity contribution in [3.05, 3.63) is 30.1 Å². The Balaban J connectivity index is 1.66. The lowest BCUT2D eigenvalue weighted by atomic mass is 9.98. The van der Waals surface area contributed by atoms with E-state index in [9.17, 15) is 5.11 Å². The molecular formula is C18H27N2O2+. The normalized spacial score (nSPS) is 18.0. The zero-order valence-electron chi connectivity index (χ0n) is 13.7. The van der Waals surface area contributed by atoms with Gasteiger partial charge >= 0.3 is 0 Å². The van der Waals surface area contributed by atoms with Crippen molar-refractivity contribution < 1.29 is 14.4 Å². The topological polar surface area (TPSA) is 38.3 Å². The number of rotatable bonds is 5. The second kappa shape index (κ2) is 6.80.